The molecule has 1 aliphatic heterocycles. The van der Waals surface area contributed by atoms with E-state index in [1.165, 1.54) is 0 Å². The molecule has 0 radical (unpaired) electrons. The highest BCUT2D eigenvalue weighted by Crippen LogP contribution is 2.33. The number of ether oxygens (including phenoxy) is 2. The summed E-state index contributed by atoms with van der Waals surface area (Å²) < 4.78 is 13.2. The Bertz CT molecular complexity index is 622. The van der Waals surface area contributed by atoms with Crippen molar-refractivity contribution in [1.82, 2.24) is 9.78 Å². The first kappa shape index (κ1) is 13.0. The van der Waals surface area contributed by atoms with Gasteiger partial charge >= 0.3 is 0 Å². The molecule has 0 amide bonds. The van der Waals surface area contributed by atoms with Crippen molar-refractivity contribution in [2.24, 2.45) is 12.8 Å². The lowest BCUT2D eigenvalue weighted by Crippen LogP contribution is -2.13. The molecule has 1 aliphatic rings. The molecule has 3 rings (SSSR count). The molecule has 2 aromatic rings. The minimum atomic E-state index is -0.208. The monoisotopic (exact) mass is 273 g/mol. The summed E-state index contributed by atoms with van der Waals surface area (Å²) in [6.45, 7) is 3.39. The second-order valence-corrected chi connectivity index (χ2v) is 5.04. The molecule has 5 heteroatoms. The standard InChI is InChI=1S/C15H19N3O2/c1-10-12(9-17-18(10)2)15(16)11-4-5-13-14(8-11)20-7-3-6-19-13/h4-5,8-9,15H,3,6-7,16H2,1-2H3. The van der Waals surface area contributed by atoms with Crippen molar-refractivity contribution in [3.05, 3.63) is 41.2 Å². The van der Waals surface area contributed by atoms with Crippen LogP contribution in [-0.4, -0.2) is 23.0 Å². The van der Waals surface area contributed by atoms with Crippen molar-refractivity contribution >= 4 is 0 Å². The zero-order chi connectivity index (χ0) is 14.1. The average Bonchev–Trinajstić information content (AvgIpc) is 2.68. The number of rotatable bonds is 2. The molecule has 0 saturated heterocycles. The lowest BCUT2D eigenvalue weighted by molar-refractivity contribution is 0.297. The van der Waals surface area contributed by atoms with Crippen LogP contribution in [0.5, 0.6) is 11.5 Å². The fourth-order valence-electron chi connectivity index (χ4n) is 2.37. The summed E-state index contributed by atoms with van der Waals surface area (Å²) in [7, 11) is 1.92. The highest BCUT2D eigenvalue weighted by atomic mass is 16.5. The van der Waals surface area contributed by atoms with E-state index in [0.717, 1.165) is 34.7 Å². The summed E-state index contributed by atoms with van der Waals surface area (Å²) in [5.41, 5.74) is 9.46. The number of fused-ring (bicyclic) bond motifs is 1. The lowest BCUT2D eigenvalue weighted by atomic mass is 10.00. The van der Waals surface area contributed by atoms with E-state index >= 15 is 0 Å². The van der Waals surface area contributed by atoms with Gasteiger partial charge in [0.1, 0.15) is 0 Å². The van der Waals surface area contributed by atoms with Crippen LogP contribution in [0.1, 0.15) is 29.3 Å². The molecule has 2 heterocycles. The molecule has 0 aliphatic carbocycles. The van der Waals surface area contributed by atoms with Crippen LogP contribution in [0.4, 0.5) is 0 Å². The maximum absolute atomic E-state index is 6.35. The first-order valence-electron chi connectivity index (χ1n) is 6.80. The molecular weight excluding hydrogens is 254 g/mol. The fraction of sp³-hybridized carbons (Fsp3) is 0.400. The van der Waals surface area contributed by atoms with Crippen molar-refractivity contribution in [2.45, 2.75) is 19.4 Å². The molecule has 1 unspecified atom stereocenters. The van der Waals surface area contributed by atoms with Gasteiger partial charge < -0.3 is 15.2 Å². The van der Waals surface area contributed by atoms with Crippen LogP contribution < -0.4 is 15.2 Å². The predicted octanol–water partition coefficient (Wildman–Crippen LogP) is 1.94. The number of hydrogen-bond donors (Lipinski definition) is 1. The van der Waals surface area contributed by atoms with E-state index in [1.54, 1.807) is 0 Å². The number of nitrogens with two attached hydrogens (primary N) is 1. The Hall–Kier alpha value is -2.01. The quantitative estimate of drug-likeness (QED) is 0.908. The topological polar surface area (TPSA) is 62.3 Å². The summed E-state index contributed by atoms with van der Waals surface area (Å²) in [5.74, 6) is 1.57. The van der Waals surface area contributed by atoms with Gasteiger partial charge in [0.25, 0.3) is 0 Å². The summed E-state index contributed by atoms with van der Waals surface area (Å²) >= 11 is 0. The Balaban J connectivity index is 1.94. The third kappa shape index (κ3) is 2.25. The normalized spacial score (nSPS) is 15.8. The SMILES string of the molecule is Cc1c(C(N)c2ccc3c(c2)OCCCO3)cnn1C. The Morgan fingerprint density at radius 3 is 2.70 bits per heavy atom. The molecule has 1 atom stereocenters. The molecule has 1 aromatic heterocycles. The summed E-state index contributed by atoms with van der Waals surface area (Å²) in [6, 6.07) is 5.69. The Kier molecular flexibility index (Phi) is 3.36. The van der Waals surface area contributed by atoms with Gasteiger partial charge in [-0.3, -0.25) is 4.68 Å². The van der Waals surface area contributed by atoms with Crippen LogP contribution in [0.25, 0.3) is 0 Å². The minimum Gasteiger partial charge on any atom is -0.490 e. The molecule has 2 N–H and O–H groups in total. The smallest absolute Gasteiger partial charge is 0.161 e. The molecule has 5 nitrogen and oxygen atoms in total. The van der Waals surface area contributed by atoms with E-state index < -0.39 is 0 Å². The van der Waals surface area contributed by atoms with Crippen molar-refractivity contribution in [2.75, 3.05) is 13.2 Å². The molecule has 106 valence electrons. The number of hydrogen-bond acceptors (Lipinski definition) is 4. The molecule has 0 saturated carbocycles. The van der Waals surface area contributed by atoms with Gasteiger partial charge in [-0.2, -0.15) is 5.10 Å². The number of aryl methyl sites for hydroxylation is 1. The minimum absolute atomic E-state index is 0.208. The molecule has 20 heavy (non-hydrogen) atoms. The van der Waals surface area contributed by atoms with Crippen LogP contribution in [0, 0.1) is 6.92 Å². The number of nitrogens with zero attached hydrogens (tertiary/aromatic N) is 2. The van der Waals surface area contributed by atoms with Crippen LogP contribution in [0.15, 0.2) is 24.4 Å². The maximum Gasteiger partial charge on any atom is 0.161 e. The Morgan fingerprint density at radius 1 is 1.25 bits per heavy atom. The molecular formula is C15H19N3O2. The third-order valence-corrected chi connectivity index (χ3v) is 3.74. The average molecular weight is 273 g/mol. The first-order chi connectivity index (χ1) is 9.66. The van der Waals surface area contributed by atoms with Crippen LogP contribution in [0.3, 0.4) is 0 Å². The van der Waals surface area contributed by atoms with Crippen LogP contribution >= 0.6 is 0 Å². The molecule has 0 fully saturated rings. The van der Waals surface area contributed by atoms with Crippen molar-refractivity contribution < 1.29 is 9.47 Å². The largest absolute Gasteiger partial charge is 0.490 e. The molecule has 0 bridgehead atoms. The van der Waals surface area contributed by atoms with Gasteiger partial charge in [-0.25, -0.2) is 0 Å². The van der Waals surface area contributed by atoms with E-state index in [2.05, 4.69) is 5.10 Å². The van der Waals surface area contributed by atoms with E-state index in [9.17, 15) is 0 Å². The second kappa shape index (κ2) is 5.17. The highest BCUT2D eigenvalue weighted by molar-refractivity contribution is 5.46. The fourth-order valence-corrected chi connectivity index (χ4v) is 2.37. The maximum atomic E-state index is 6.35. The Morgan fingerprint density at radius 2 is 2.00 bits per heavy atom. The zero-order valence-corrected chi connectivity index (χ0v) is 11.8. The van der Waals surface area contributed by atoms with Gasteiger partial charge in [0.05, 0.1) is 25.5 Å². The van der Waals surface area contributed by atoms with Gasteiger partial charge in [-0.1, -0.05) is 6.07 Å². The van der Waals surface area contributed by atoms with Gasteiger partial charge in [0.2, 0.25) is 0 Å². The highest BCUT2D eigenvalue weighted by Gasteiger charge is 2.18. The van der Waals surface area contributed by atoms with Gasteiger partial charge in [0, 0.05) is 24.7 Å². The number of aromatic nitrogens is 2. The van der Waals surface area contributed by atoms with E-state index in [4.69, 9.17) is 15.2 Å². The second-order valence-electron chi connectivity index (χ2n) is 5.04. The lowest BCUT2D eigenvalue weighted by Gasteiger charge is -2.14. The first-order valence-corrected chi connectivity index (χ1v) is 6.80. The molecule has 0 spiro atoms. The van der Waals surface area contributed by atoms with Gasteiger partial charge in [0.15, 0.2) is 11.5 Å². The van der Waals surface area contributed by atoms with Crippen LogP contribution in [0.2, 0.25) is 0 Å². The van der Waals surface area contributed by atoms with E-state index in [1.807, 2.05) is 43.0 Å². The van der Waals surface area contributed by atoms with Gasteiger partial charge in [-0.15, -0.1) is 0 Å². The van der Waals surface area contributed by atoms with Crippen molar-refractivity contribution in [3.63, 3.8) is 0 Å². The molecule has 1 aromatic carbocycles. The van der Waals surface area contributed by atoms with Crippen molar-refractivity contribution in [1.29, 1.82) is 0 Å². The van der Waals surface area contributed by atoms with E-state index in [0.29, 0.717) is 13.2 Å². The van der Waals surface area contributed by atoms with Crippen molar-refractivity contribution in [3.8, 4) is 11.5 Å². The van der Waals surface area contributed by atoms with Crippen LogP contribution in [-0.2, 0) is 7.05 Å². The summed E-state index contributed by atoms with van der Waals surface area (Å²) in [4.78, 5) is 0. The zero-order valence-electron chi connectivity index (χ0n) is 11.8. The van der Waals surface area contributed by atoms with E-state index in [-0.39, 0.29) is 6.04 Å². The predicted molar refractivity (Wildman–Crippen MR) is 76.0 cm³/mol. The Labute approximate surface area is 118 Å². The number of benzene rings is 1. The summed E-state index contributed by atoms with van der Waals surface area (Å²) in [5, 5.41) is 4.25. The summed E-state index contributed by atoms with van der Waals surface area (Å²) in [6.07, 6.45) is 2.72. The third-order valence-electron chi connectivity index (χ3n) is 3.74. The van der Waals surface area contributed by atoms with Gasteiger partial charge in [-0.05, 0) is 24.6 Å².